The summed E-state index contributed by atoms with van der Waals surface area (Å²) in [5, 5.41) is 11.4. The summed E-state index contributed by atoms with van der Waals surface area (Å²) in [6, 6.07) is 18.9. The van der Waals surface area contributed by atoms with Gasteiger partial charge in [0.25, 0.3) is 5.91 Å². The molecule has 0 unspecified atom stereocenters. The maximum Gasteiger partial charge on any atom is 0.303 e. The summed E-state index contributed by atoms with van der Waals surface area (Å²) in [4.78, 5) is 23.4. The van der Waals surface area contributed by atoms with Crippen LogP contribution in [0.4, 0.5) is 10.1 Å². The standard InChI is InChI=1S/C28H30FNO5/c1-19(2)16-20-5-7-21(8-6-20)18-35-24-12-10-23(11-13-24)30-28(33)25-17-22(29)9-14-26(25)34-15-3-4-27(31)32/h5-14,17,19H,3-4,15-16,18H2,1-2H3,(H,30,33)(H,31,32). The summed E-state index contributed by atoms with van der Waals surface area (Å²) in [7, 11) is 0. The quantitative estimate of drug-likeness (QED) is 0.307. The average Bonchev–Trinajstić information content (AvgIpc) is 2.82. The third-order valence-corrected chi connectivity index (χ3v) is 5.16. The van der Waals surface area contributed by atoms with Crippen molar-refractivity contribution < 1.29 is 28.6 Å². The molecule has 2 N–H and O–H groups in total. The van der Waals surface area contributed by atoms with E-state index in [9.17, 15) is 14.0 Å². The number of benzene rings is 3. The van der Waals surface area contributed by atoms with E-state index >= 15 is 0 Å². The number of halogens is 1. The highest BCUT2D eigenvalue weighted by atomic mass is 19.1. The Kier molecular flexibility index (Phi) is 9.23. The van der Waals surface area contributed by atoms with Gasteiger partial charge in [0.15, 0.2) is 0 Å². The number of carbonyl (C=O) groups excluding carboxylic acids is 1. The molecule has 0 heterocycles. The van der Waals surface area contributed by atoms with Crippen molar-refractivity contribution in [2.24, 2.45) is 5.92 Å². The maximum atomic E-state index is 13.8. The number of ether oxygens (including phenoxy) is 2. The minimum Gasteiger partial charge on any atom is -0.493 e. The molecule has 3 aromatic carbocycles. The molecule has 0 bridgehead atoms. The van der Waals surface area contributed by atoms with Gasteiger partial charge in [-0.2, -0.15) is 0 Å². The van der Waals surface area contributed by atoms with Crippen LogP contribution >= 0.6 is 0 Å². The first-order chi connectivity index (χ1) is 16.8. The van der Waals surface area contributed by atoms with Gasteiger partial charge in [-0.1, -0.05) is 38.1 Å². The molecule has 0 saturated heterocycles. The van der Waals surface area contributed by atoms with Crippen molar-refractivity contribution in [1.29, 1.82) is 0 Å². The molecule has 6 nitrogen and oxygen atoms in total. The molecule has 0 aliphatic carbocycles. The van der Waals surface area contributed by atoms with E-state index in [0.717, 1.165) is 18.1 Å². The Morgan fingerprint density at radius 3 is 2.29 bits per heavy atom. The monoisotopic (exact) mass is 479 g/mol. The van der Waals surface area contributed by atoms with E-state index in [1.165, 1.54) is 17.7 Å². The van der Waals surface area contributed by atoms with Crippen LogP contribution in [0.2, 0.25) is 0 Å². The van der Waals surface area contributed by atoms with Crippen LogP contribution in [0.3, 0.4) is 0 Å². The predicted molar refractivity (Wildman–Crippen MR) is 132 cm³/mol. The molecule has 0 saturated carbocycles. The van der Waals surface area contributed by atoms with Gasteiger partial charge < -0.3 is 19.9 Å². The number of carboxylic acid groups (broad SMARTS) is 1. The number of aliphatic carboxylic acids is 1. The summed E-state index contributed by atoms with van der Waals surface area (Å²) in [6.07, 6.45) is 1.26. The van der Waals surface area contributed by atoms with E-state index in [1.807, 2.05) is 0 Å². The zero-order valence-electron chi connectivity index (χ0n) is 19.9. The molecule has 3 rings (SSSR count). The van der Waals surface area contributed by atoms with E-state index < -0.39 is 17.7 Å². The van der Waals surface area contributed by atoms with Crippen molar-refractivity contribution >= 4 is 17.6 Å². The van der Waals surface area contributed by atoms with Crippen molar-refractivity contribution in [3.63, 3.8) is 0 Å². The Morgan fingerprint density at radius 1 is 0.943 bits per heavy atom. The topological polar surface area (TPSA) is 84.9 Å². The van der Waals surface area contributed by atoms with Gasteiger partial charge in [-0.05, 0) is 72.4 Å². The second kappa shape index (κ2) is 12.6. The molecule has 0 radical (unpaired) electrons. The fourth-order valence-corrected chi connectivity index (χ4v) is 3.45. The lowest BCUT2D eigenvalue weighted by molar-refractivity contribution is -0.137. The van der Waals surface area contributed by atoms with Crippen molar-refractivity contribution in [2.45, 2.75) is 39.7 Å². The smallest absolute Gasteiger partial charge is 0.303 e. The third kappa shape index (κ3) is 8.45. The van der Waals surface area contributed by atoms with Gasteiger partial charge in [-0.15, -0.1) is 0 Å². The van der Waals surface area contributed by atoms with Crippen molar-refractivity contribution in [3.8, 4) is 11.5 Å². The van der Waals surface area contributed by atoms with Crippen LogP contribution in [-0.2, 0) is 17.8 Å². The lowest BCUT2D eigenvalue weighted by Gasteiger charge is -2.12. The molecule has 0 aromatic heterocycles. The Balaban J connectivity index is 1.56. The molecule has 35 heavy (non-hydrogen) atoms. The highest BCUT2D eigenvalue weighted by Crippen LogP contribution is 2.23. The number of carbonyl (C=O) groups is 2. The van der Waals surface area contributed by atoms with Crippen LogP contribution in [0.15, 0.2) is 66.7 Å². The SMILES string of the molecule is CC(C)Cc1ccc(COc2ccc(NC(=O)c3cc(F)ccc3OCCCC(=O)O)cc2)cc1. The molecule has 0 atom stereocenters. The Bertz CT molecular complexity index is 1130. The fraction of sp³-hybridized carbons (Fsp3) is 0.286. The van der Waals surface area contributed by atoms with Gasteiger partial charge in [-0.25, -0.2) is 4.39 Å². The van der Waals surface area contributed by atoms with Crippen molar-refractivity contribution in [2.75, 3.05) is 11.9 Å². The zero-order valence-corrected chi connectivity index (χ0v) is 19.9. The Hall–Kier alpha value is -3.87. The van der Waals surface area contributed by atoms with E-state index in [-0.39, 0.29) is 30.8 Å². The predicted octanol–water partition coefficient (Wildman–Crippen LogP) is 6.10. The van der Waals surface area contributed by atoms with E-state index in [0.29, 0.717) is 24.0 Å². The van der Waals surface area contributed by atoms with Crippen LogP contribution < -0.4 is 14.8 Å². The van der Waals surface area contributed by atoms with Crippen LogP contribution in [0.1, 0.15) is 48.2 Å². The second-order valence-electron chi connectivity index (χ2n) is 8.67. The largest absolute Gasteiger partial charge is 0.493 e. The summed E-state index contributed by atoms with van der Waals surface area (Å²) in [5.74, 6) is -0.587. The first kappa shape index (κ1) is 25.7. The second-order valence-corrected chi connectivity index (χ2v) is 8.67. The molecule has 1 amide bonds. The number of nitrogens with one attached hydrogen (secondary N) is 1. The normalized spacial score (nSPS) is 10.7. The van der Waals surface area contributed by atoms with E-state index in [1.54, 1.807) is 24.3 Å². The lowest BCUT2D eigenvalue weighted by atomic mass is 10.0. The van der Waals surface area contributed by atoms with Crippen molar-refractivity contribution in [1.82, 2.24) is 0 Å². The number of rotatable bonds is 12. The number of hydrogen-bond acceptors (Lipinski definition) is 4. The number of anilines is 1. The highest BCUT2D eigenvalue weighted by molar-refractivity contribution is 6.06. The van der Waals surface area contributed by atoms with Crippen LogP contribution in [0, 0.1) is 11.7 Å². The van der Waals surface area contributed by atoms with E-state index in [2.05, 4.69) is 43.4 Å². The Labute approximate surface area is 204 Å². The van der Waals surface area contributed by atoms with Crippen LogP contribution in [0.25, 0.3) is 0 Å². The van der Waals surface area contributed by atoms with Gasteiger partial charge in [0.1, 0.15) is 23.9 Å². The minimum atomic E-state index is -0.933. The lowest BCUT2D eigenvalue weighted by Crippen LogP contribution is -2.14. The third-order valence-electron chi connectivity index (χ3n) is 5.16. The molecular weight excluding hydrogens is 449 g/mol. The van der Waals surface area contributed by atoms with Crippen LogP contribution in [0.5, 0.6) is 11.5 Å². The minimum absolute atomic E-state index is 0.0292. The fourth-order valence-electron chi connectivity index (χ4n) is 3.45. The van der Waals surface area contributed by atoms with Crippen molar-refractivity contribution in [3.05, 3.63) is 89.2 Å². The first-order valence-corrected chi connectivity index (χ1v) is 11.6. The number of hydrogen-bond donors (Lipinski definition) is 2. The molecule has 0 spiro atoms. The molecule has 7 heteroatoms. The Morgan fingerprint density at radius 2 is 1.63 bits per heavy atom. The van der Waals surface area contributed by atoms with Gasteiger partial charge in [0, 0.05) is 12.1 Å². The summed E-state index contributed by atoms with van der Waals surface area (Å²) in [5.41, 5.74) is 2.91. The van der Waals surface area contributed by atoms with E-state index in [4.69, 9.17) is 14.6 Å². The molecule has 184 valence electrons. The average molecular weight is 480 g/mol. The molecule has 0 fully saturated rings. The van der Waals surface area contributed by atoms with Gasteiger partial charge in [0.05, 0.1) is 12.2 Å². The van der Waals surface area contributed by atoms with Gasteiger partial charge >= 0.3 is 5.97 Å². The highest BCUT2D eigenvalue weighted by Gasteiger charge is 2.15. The summed E-state index contributed by atoms with van der Waals surface area (Å²) < 4.78 is 25.1. The number of amides is 1. The molecule has 3 aromatic rings. The van der Waals surface area contributed by atoms with Gasteiger partial charge in [0.2, 0.25) is 0 Å². The summed E-state index contributed by atoms with van der Waals surface area (Å²) in [6.45, 7) is 4.92. The van der Waals surface area contributed by atoms with Gasteiger partial charge in [-0.3, -0.25) is 9.59 Å². The zero-order chi connectivity index (χ0) is 25.2. The summed E-state index contributed by atoms with van der Waals surface area (Å²) >= 11 is 0. The molecule has 0 aliphatic heterocycles. The first-order valence-electron chi connectivity index (χ1n) is 11.6. The number of carboxylic acids is 1. The maximum absolute atomic E-state index is 13.8. The molecular formula is C28H30FNO5. The van der Waals surface area contributed by atoms with Crippen LogP contribution in [-0.4, -0.2) is 23.6 Å². The molecule has 0 aliphatic rings.